The summed E-state index contributed by atoms with van der Waals surface area (Å²) < 4.78 is 13.8. The lowest BCUT2D eigenvalue weighted by Gasteiger charge is -2.30. The Kier molecular flexibility index (Phi) is 6.39. The Balaban J connectivity index is 1.93. The molecule has 0 spiro atoms. The van der Waals surface area contributed by atoms with Crippen molar-refractivity contribution in [3.05, 3.63) is 71.5 Å². The highest BCUT2D eigenvalue weighted by atomic mass is 32.2. The largest absolute Gasteiger partial charge is 0.352 e. The van der Waals surface area contributed by atoms with E-state index in [4.69, 9.17) is 0 Å². The number of amides is 2. The average molecular weight is 401 g/mol. The fourth-order valence-corrected chi connectivity index (χ4v) is 4.51. The minimum absolute atomic E-state index is 0.000558. The molecule has 0 bridgehead atoms. The number of halogens is 1. The molecule has 2 amide bonds. The number of hydrogen-bond donors (Lipinski definition) is 1. The Hall–Kier alpha value is -2.34. The van der Waals surface area contributed by atoms with E-state index in [2.05, 4.69) is 5.32 Å². The van der Waals surface area contributed by atoms with Gasteiger partial charge in [0.25, 0.3) is 5.91 Å². The molecule has 1 aliphatic rings. The molecule has 2 aromatic rings. The zero-order valence-electron chi connectivity index (χ0n) is 16.3. The molecule has 1 aliphatic heterocycles. The van der Waals surface area contributed by atoms with Gasteiger partial charge in [-0.15, -0.1) is 11.8 Å². The molecule has 6 heteroatoms. The van der Waals surface area contributed by atoms with Crippen LogP contribution in [0.1, 0.15) is 42.1 Å². The van der Waals surface area contributed by atoms with Gasteiger partial charge in [-0.2, -0.15) is 0 Å². The lowest BCUT2D eigenvalue weighted by molar-refractivity contribution is -0.125. The highest BCUT2D eigenvalue weighted by Crippen LogP contribution is 2.42. The summed E-state index contributed by atoms with van der Waals surface area (Å²) in [6.45, 7) is 6.03. The summed E-state index contributed by atoms with van der Waals surface area (Å²) in [6.07, 6.45) is 0. The normalized spacial score (nSPS) is 20.2. The van der Waals surface area contributed by atoms with Crippen molar-refractivity contribution in [3.8, 4) is 0 Å². The van der Waals surface area contributed by atoms with Crippen LogP contribution >= 0.6 is 11.8 Å². The molecule has 3 rings (SSSR count). The average Bonchev–Trinajstić information content (AvgIpc) is 3.13. The predicted octanol–water partition coefficient (Wildman–Crippen LogP) is 4.24. The topological polar surface area (TPSA) is 49.4 Å². The van der Waals surface area contributed by atoms with Crippen LogP contribution in [0.4, 0.5) is 4.39 Å². The van der Waals surface area contributed by atoms with E-state index in [0.717, 1.165) is 0 Å². The van der Waals surface area contributed by atoms with E-state index in [1.807, 2.05) is 26.8 Å². The Morgan fingerprint density at radius 3 is 2.46 bits per heavy atom. The molecule has 0 radical (unpaired) electrons. The predicted molar refractivity (Wildman–Crippen MR) is 110 cm³/mol. The first-order valence-corrected chi connectivity index (χ1v) is 10.5. The van der Waals surface area contributed by atoms with Crippen LogP contribution in [0.25, 0.3) is 0 Å². The van der Waals surface area contributed by atoms with Gasteiger partial charge in [0, 0.05) is 17.4 Å². The maximum atomic E-state index is 13.8. The first kappa shape index (κ1) is 20.4. The van der Waals surface area contributed by atoms with Crippen molar-refractivity contribution in [3.63, 3.8) is 0 Å². The van der Waals surface area contributed by atoms with E-state index in [1.54, 1.807) is 41.3 Å². The number of carbonyl (C=O) groups excluding carboxylic acids is 2. The quantitative estimate of drug-likeness (QED) is 0.817. The molecule has 0 saturated carbocycles. The number of carbonyl (C=O) groups is 2. The highest BCUT2D eigenvalue weighted by Gasteiger charge is 2.43. The molecule has 1 heterocycles. The number of nitrogens with one attached hydrogen (secondary N) is 1. The third-order valence-electron chi connectivity index (χ3n) is 5.06. The molecule has 3 unspecified atom stereocenters. The minimum atomic E-state index is -0.604. The molecule has 28 heavy (non-hydrogen) atoms. The summed E-state index contributed by atoms with van der Waals surface area (Å²) in [7, 11) is 0. The van der Waals surface area contributed by atoms with Crippen molar-refractivity contribution in [1.82, 2.24) is 10.2 Å². The van der Waals surface area contributed by atoms with Gasteiger partial charge < -0.3 is 10.2 Å². The van der Waals surface area contributed by atoms with Gasteiger partial charge in [0.1, 0.15) is 17.2 Å². The number of thioether (sulfide) groups is 1. The fraction of sp³-hybridized carbons (Fsp3) is 0.364. The highest BCUT2D eigenvalue weighted by molar-refractivity contribution is 7.99. The molecule has 1 N–H and O–H groups in total. The standard InChI is InChI=1S/C22H25FN2O2S/c1-14(2)15(3)24-20(26)19-13-28-22(17-10-7-11-18(23)12-17)25(19)21(27)16-8-5-4-6-9-16/h4-12,14-15,19,22H,13H2,1-3H3,(H,24,26). The number of hydrogen-bond acceptors (Lipinski definition) is 3. The maximum Gasteiger partial charge on any atom is 0.255 e. The van der Waals surface area contributed by atoms with Gasteiger partial charge in [-0.1, -0.05) is 44.2 Å². The van der Waals surface area contributed by atoms with Crippen LogP contribution in [0.15, 0.2) is 54.6 Å². The summed E-state index contributed by atoms with van der Waals surface area (Å²) in [5, 5.41) is 2.61. The third kappa shape index (κ3) is 4.38. The first-order valence-electron chi connectivity index (χ1n) is 9.43. The second-order valence-electron chi connectivity index (χ2n) is 7.38. The van der Waals surface area contributed by atoms with E-state index in [0.29, 0.717) is 16.9 Å². The Labute approximate surface area is 169 Å². The molecule has 0 aromatic heterocycles. The van der Waals surface area contributed by atoms with Gasteiger partial charge in [0.05, 0.1) is 0 Å². The summed E-state index contributed by atoms with van der Waals surface area (Å²) in [6, 6.07) is 14.5. The third-order valence-corrected chi connectivity index (χ3v) is 6.39. The van der Waals surface area contributed by atoms with Gasteiger partial charge in [0.2, 0.25) is 5.91 Å². The molecule has 1 fully saturated rings. The Morgan fingerprint density at radius 1 is 1.11 bits per heavy atom. The first-order chi connectivity index (χ1) is 13.4. The Morgan fingerprint density at radius 2 is 1.82 bits per heavy atom. The summed E-state index contributed by atoms with van der Waals surface area (Å²) in [5.41, 5.74) is 1.20. The minimum Gasteiger partial charge on any atom is -0.352 e. The Bertz CT molecular complexity index is 843. The van der Waals surface area contributed by atoms with Gasteiger partial charge in [-0.05, 0) is 42.7 Å². The SMILES string of the molecule is CC(C)C(C)NC(=O)C1CSC(c2cccc(F)c2)N1C(=O)c1ccccc1. The summed E-state index contributed by atoms with van der Waals surface area (Å²) >= 11 is 1.48. The van der Waals surface area contributed by atoms with E-state index >= 15 is 0 Å². The molecule has 1 saturated heterocycles. The van der Waals surface area contributed by atoms with Crippen molar-refractivity contribution in [2.45, 2.75) is 38.2 Å². The van der Waals surface area contributed by atoms with Crippen LogP contribution in [-0.2, 0) is 4.79 Å². The van der Waals surface area contributed by atoms with E-state index in [9.17, 15) is 14.0 Å². The van der Waals surface area contributed by atoms with Crippen LogP contribution in [0.3, 0.4) is 0 Å². The summed E-state index contributed by atoms with van der Waals surface area (Å²) in [5.74, 6) is 0.00655. The summed E-state index contributed by atoms with van der Waals surface area (Å²) in [4.78, 5) is 27.8. The van der Waals surface area contributed by atoms with E-state index in [1.165, 1.54) is 23.9 Å². The number of rotatable bonds is 5. The smallest absolute Gasteiger partial charge is 0.255 e. The fourth-order valence-electron chi connectivity index (χ4n) is 3.09. The monoisotopic (exact) mass is 400 g/mol. The molecule has 4 nitrogen and oxygen atoms in total. The van der Waals surface area contributed by atoms with Crippen molar-refractivity contribution in [2.24, 2.45) is 5.92 Å². The van der Waals surface area contributed by atoms with Gasteiger partial charge in [-0.3, -0.25) is 9.59 Å². The van der Waals surface area contributed by atoms with Crippen LogP contribution in [0.5, 0.6) is 0 Å². The lowest BCUT2D eigenvalue weighted by atomic mass is 10.1. The molecular formula is C22H25FN2O2S. The molecule has 3 atom stereocenters. The van der Waals surface area contributed by atoms with Crippen molar-refractivity contribution in [1.29, 1.82) is 0 Å². The second-order valence-corrected chi connectivity index (χ2v) is 8.49. The van der Waals surface area contributed by atoms with Crippen LogP contribution in [0.2, 0.25) is 0 Å². The second kappa shape index (κ2) is 8.78. The number of benzene rings is 2. The molecular weight excluding hydrogens is 375 g/mol. The van der Waals surface area contributed by atoms with Crippen molar-refractivity contribution < 1.29 is 14.0 Å². The van der Waals surface area contributed by atoms with Gasteiger partial charge in [0.15, 0.2) is 0 Å². The van der Waals surface area contributed by atoms with E-state index in [-0.39, 0.29) is 29.6 Å². The van der Waals surface area contributed by atoms with E-state index < -0.39 is 11.4 Å². The van der Waals surface area contributed by atoms with Crippen LogP contribution in [0, 0.1) is 11.7 Å². The number of nitrogens with zero attached hydrogens (tertiary/aromatic N) is 1. The van der Waals surface area contributed by atoms with Gasteiger partial charge >= 0.3 is 0 Å². The van der Waals surface area contributed by atoms with Crippen molar-refractivity contribution in [2.75, 3.05) is 5.75 Å². The lowest BCUT2D eigenvalue weighted by Crippen LogP contribution is -2.50. The van der Waals surface area contributed by atoms with Crippen molar-refractivity contribution >= 4 is 23.6 Å². The maximum absolute atomic E-state index is 13.8. The molecule has 2 aromatic carbocycles. The molecule has 148 valence electrons. The van der Waals surface area contributed by atoms with Crippen LogP contribution in [-0.4, -0.2) is 34.6 Å². The molecule has 0 aliphatic carbocycles. The van der Waals surface area contributed by atoms with Crippen LogP contribution < -0.4 is 5.32 Å². The van der Waals surface area contributed by atoms with Gasteiger partial charge in [-0.25, -0.2) is 4.39 Å². The zero-order chi connectivity index (χ0) is 20.3. The zero-order valence-corrected chi connectivity index (χ0v) is 17.1.